The molecule has 0 radical (unpaired) electrons. The highest BCUT2D eigenvalue weighted by Crippen LogP contribution is 2.14. The molecule has 2 N–H and O–H groups in total. The minimum atomic E-state index is -0.455. The smallest absolute Gasteiger partial charge is 0.358 e. The average Bonchev–Trinajstić information content (AvgIpc) is 2.48. The monoisotopic (exact) mass is 266 g/mol. The van der Waals surface area contributed by atoms with Gasteiger partial charge in [-0.25, -0.2) is 14.8 Å². The number of carbonyl (C=O) groups excluding carboxylic acids is 1. The van der Waals surface area contributed by atoms with Crippen LogP contribution in [0.25, 0.3) is 0 Å². The minimum absolute atomic E-state index is 0.0142. The van der Waals surface area contributed by atoms with Gasteiger partial charge in [0.15, 0.2) is 5.69 Å². The quantitative estimate of drug-likeness (QED) is 0.756. The van der Waals surface area contributed by atoms with Crippen molar-refractivity contribution < 1.29 is 14.3 Å². The lowest BCUT2D eigenvalue weighted by Gasteiger charge is -2.32. The van der Waals surface area contributed by atoms with E-state index in [1.807, 2.05) is 4.90 Å². The second-order valence-electron chi connectivity index (χ2n) is 4.15. The van der Waals surface area contributed by atoms with E-state index < -0.39 is 5.97 Å². The fourth-order valence-corrected chi connectivity index (χ4v) is 1.86. The van der Waals surface area contributed by atoms with Crippen molar-refractivity contribution in [1.29, 1.82) is 0 Å². The fourth-order valence-electron chi connectivity index (χ4n) is 1.86. The number of hydrogen-bond donors (Lipinski definition) is 1. The molecule has 1 atom stereocenters. The summed E-state index contributed by atoms with van der Waals surface area (Å²) in [4.78, 5) is 21.8. The Morgan fingerprint density at radius 2 is 2.42 bits per heavy atom. The van der Waals surface area contributed by atoms with E-state index in [-0.39, 0.29) is 11.8 Å². The molecule has 0 saturated carbocycles. The van der Waals surface area contributed by atoms with E-state index in [1.165, 1.54) is 6.20 Å². The maximum atomic E-state index is 11.5. The molecule has 1 aliphatic rings. The van der Waals surface area contributed by atoms with Crippen LogP contribution in [0.1, 0.15) is 17.4 Å². The van der Waals surface area contributed by atoms with E-state index in [9.17, 15) is 4.79 Å². The van der Waals surface area contributed by atoms with Crippen molar-refractivity contribution >= 4 is 11.8 Å². The molecule has 2 heterocycles. The zero-order valence-electron chi connectivity index (χ0n) is 10.9. The zero-order chi connectivity index (χ0) is 13.7. The summed E-state index contributed by atoms with van der Waals surface area (Å²) < 4.78 is 10.3. The highest BCUT2D eigenvalue weighted by atomic mass is 16.5. The largest absolute Gasteiger partial charge is 0.461 e. The Morgan fingerprint density at radius 1 is 1.58 bits per heavy atom. The summed E-state index contributed by atoms with van der Waals surface area (Å²) in [6, 6.07) is 0. The van der Waals surface area contributed by atoms with Crippen molar-refractivity contribution in [2.45, 2.75) is 13.0 Å². The molecule has 1 saturated heterocycles. The van der Waals surface area contributed by atoms with Crippen LogP contribution in [0.5, 0.6) is 0 Å². The van der Waals surface area contributed by atoms with Crippen molar-refractivity contribution in [2.24, 2.45) is 5.73 Å². The van der Waals surface area contributed by atoms with E-state index >= 15 is 0 Å². The van der Waals surface area contributed by atoms with E-state index in [0.717, 1.165) is 12.4 Å². The molecule has 0 aliphatic carbocycles. The van der Waals surface area contributed by atoms with Gasteiger partial charge in [-0.2, -0.15) is 0 Å². The van der Waals surface area contributed by atoms with Crippen LogP contribution in [0.2, 0.25) is 0 Å². The van der Waals surface area contributed by atoms with Gasteiger partial charge in [-0.1, -0.05) is 0 Å². The molecule has 104 valence electrons. The van der Waals surface area contributed by atoms with Crippen LogP contribution in [0.3, 0.4) is 0 Å². The summed E-state index contributed by atoms with van der Waals surface area (Å²) in [6.45, 7) is 4.59. The number of carbonyl (C=O) groups is 1. The van der Waals surface area contributed by atoms with Gasteiger partial charge < -0.3 is 20.1 Å². The summed E-state index contributed by atoms with van der Waals surface area (Å²) in [6.07, 6.45) is 3.02. The SMILES string of the molecule is CCOC(=O)c1cnc(N2CCOC(CN)C2)cn1. The Bertz CT molecular complexity index is 423. The third-order valence-corrected chi connectivity index (χ3v) is 2.85. The number of nitrogens with two attached hydrogens (primary N) is 1. The highest BCUT2D eigenvalue weighted by Gasteiger charge is 2.21. The molecule has 2 rings (SSSR count). The Kier molecular flexibility index (Phi) is 4.64. The predicted molar refractivity (Wildman–Crippen MR) is 69.0 cm³/mol. The topological polar surface area (TPSA) is 90.6 Å². The molecular formula is C12H18N4O3. The fraction of sp³-hybridized carbons (Fsp3) is 0.583. The van der Waals surface area contributed by atoms with E-state index in [4.69, 9.17) is 15.2 Å². The average molecular weight is 266 g/mol. The Balaban J connectivity index is 2.03. The number of hydrogen-bond acceptors (Lipinski definition) is 7. The minimum Gasteiger partial charge on any atom is -0.461 e. The van der Waals surface area contributed by atoms with Gasteiger partial charge >= 0.3 is 5.97 Å². The van der Waals surface area contributed by atoms with Crippen LogP contribution in [0.15, 0.2) is 12.4 Å². The maximum absolute atomic E-state index is 11.5. The van der Waals surface area contributed by atoms with Gasteiger partial charge in [0.2, 0.25) is 0 Å². The molecule has 0 spiro atoms. The second-order valence-corrected chi connectivity index (χ2v) is 4.15. The van der Waals surface area contributed by atoms with E-state index in [2.05, 4.69) is 9.97 Å². The summed E-state index contributed by atoms with van der Waals surface area (Å²) in [5, 5.41) is 0. The third-order valence-electron chi connectivity index (χ3n) is 2.85. The first-order valence-corrected chi connectivity index (χ1v) is 6.30. The number of esters is 1. The van der Waals surface area contributed by atoms with Gasteiger partial charge in [0.05, 0.1) is 31.7 Å². The molecule has 0 bridgehead atoms. The summed E-state index contributed by atoms with van der Waals surface area (Å²) >= 11 is 0. The first-order valence-electron chi connectivity index (χ1n) is 6.30. The Morgan fingerprint density at radius 3 is 3.05 bits per heavy atom. The third kappa shape index (κ3) is 3.39. The van der Waals surface area contributed by atoms with Gasteiger partial charge in [0.25, 0.3) is 0 Å². The van der Waals surface area contributed by atoms with Crippen LogP contribution >= 0.6 is 0 Å². The van der Waals surface area contributed by atoms with Gasteiger partial charge in [-0.05, 0) is 6.92 Å². The predicted octanol–water partition coefficient (Wildman–Crippen LogP) is -0.183. The lowest BCUT2D eigenvalue weighted by molar-refractivity contribution is 0.0461. The molecule has 1 fully saturated rings. The molecule has 1 aromatic heterocycles. The number of aromatic nitrogens is 2. The van der Waals surface area contributed by atoms with Crippen LogP contribution < -0.4 is 10.6 Å². The van der Waals surface area contributed by atoms with Crippen LogP contribution in [0.4, 0.5) is 5.82 Å². The van der Waals surface area contributed by atoms with E-state index in [1.54, 1.807) is 13.1 Å². The standard InChI is InChI=1S/C12H18N4O3/c1-2-18-12(17)10-6-15-11(7-14-10)16-3-4-19-9(5-13)8-16/h6-7,9H,2-5,8,13H2,1H3. The first-order chi connectivity index (χ1) is 9.24. The van der Waals surface area contributed by atoms with Crippen molar-refractivity contribution in [3.05, 3.63) is 18.1 Å². The zero-order valence-corrected chi connectivity index (χ0v) is 10.9. The first kappa shape index (κ1) is 13.7. The summed E-state index contributed by atoms with van der Waals surface area (Å²) in [5.74, 6) is 0.262. The van der Waals surface area contributed by atoms with Gasteiger partial charge in [-0.3, -0.25) is 0 Å². The maximum Gasteiger partial charge on any atom is 0.358 e. The normalized spacial score (nSPS) is 19.3. The lowest BCUT2D eigenvalue weighted by atomic mass is 10.3. The second kappa shape index (κ2) is 6.44. The molecule has 0 aromatic carbocycles. The summed E-state index contributed by atoms with van der Waals surface area (Å²) in [5.41, 5.74) is 5.81. The molecule has 1 aromatic rings. The molecule has 1 unspecified atom stereocenters. The van der Waals surface area contributed by atoms with Crippen molar-refractivity contribution in [2.75, 3.05) is 37.7 Å². The molecule has 1 aliphatic heterocycles. The highest BCUT2D eigenvalue weighted by molar-refractivity contribution is 5.86. The van der Waals surface area contributed by atoms with Crippen LogP contribution in [0, 0.1) is 0 Å². The molecule has 7 nitrogen and oxygen atoms in total. The lowest BCUT2D eigenvalue weighted by Crippen LogP contribution is -2.46. The molecule has 19 heavy (non-hydrogen) atoms. The Hall–Kier alpha value is -1.73. The number of ether oxygens (including phenoxy) is 2. The number of rotatable bonds is 4. The van der Waals surface area contributed by atoms with Gasteiger partial charge in [-0.15, -0.1) is 0 Å². The number of anilines is 1. The number of morpholine rings is 1. The summed E-state index contributed by atoms with van der Waals surface area (Å²) in [7, 11) is 0. The van der Waals surface area contributed by atoms with Crippen LogP contribution in [-0.2, 0) is 9.47 Å². The molecule has 7 heteroatoms. The van der Waals surface area contributed by atoms with Gasteiger partial charge in [0, 0.05) is 19.6 Å². The van der Waals surface area contributed by atoms with Crippen molar-refractivity contribution in [1.82, 2.24) is 9.97 Å². The van der Waals surface area contributed by atoms with Crippen molar-refractivity contribution in [3.63, 3.8) is 0 Å². The molecular weight excluding hydrogens is 248 g/mol. The number of nitrogens with zero attached hydrogens (tertiary/aromatic N) is 3. The van der Waals surface area contributed by atoms with E-state index in [0.29, 0.717) is 26.3 Å². The molecule has 0 amide bonds. The Labute approximate surface area is 111 Å². The van der Waals surface area contributed by atoms with Crippen LogP contribution in [-0.4, -0.2) is 54.9 Å². The van der Waals surface area contributed by atoms with Gasteiger partial charge in [0.1, 0.15) is 5.82 Å². The van der Waals surface area contributed by atoms with Crippen molar-refractivity contribution in [3.8, 4) is 0 Å².